The zero-order valence-electron chi connectivity index (χ0n) is 8.26. The van der Waals surface area contributed by atoms with Crippen LogP contribution in [-0.2, 0) is 4.74 Å². The Bertz CT molecular complexity index is 318. The first-order valence-electron chi connectivity index (χ1n) is 4.39. The summed E-state index contributed by atoms with van der Waals surface area (Å²) in [5, 5.41) is 8.61. The van der Waals surface area contributed by atoms with Crippen molar-refractivity contribution >= 4 is 17.9 Å². The molecule has 4 nitrogen and oxygen atoms in total. The third kappa shape index (κ3) is 3.42. The van der Waals surface area contributed by atoms with Gasteiger partial charge in [0.25, 0.3) is 0 Å². The molecule has 1 amide bonds. The van der Waals surface area contributed by atoms with E-state index in [0.29, 0.717) is 4.42 Å². The van der Waals surface area contributed by atoms with Crippen LogP contribution in [0.5, 0.6) is 0 Å². The van der Waals surface area contributed by atoms with Crippen LogP contribution in [0.25, 0.3) is 0 Å². The van der Waals surface area contributed by atoms with Gasteiger partial charge in [-0.15, -0.1) is 0 Å². The molecule has 0 saturated carbocycles. The average Bonchev–Trinajstić information content (AvgIpc) is 2.26. The molecule has 0 aromatic heterocycles. The molecule has 1 aromatic rings. The summed E-state index contributed by atoms with van der Waals surface area (Å²) < 4.78 is 5.85. The fourth-order valence-electron chi connectivity index (χ4n) is 1.21. The van der Waals surface area contributed by atoms with E-state index < -0.39 is 6.09 Å². The van der Waals surface area contributed by atoms with Crippen LogP contribution in [0, 0.1) is 0 Å². The molecule has 0 fully saturated rings. The van der Waals surface area contributed by atoms with Crippen molar-refractivity contribution in [3.05, 3.63) is 35.9 Å². The molecule has 1 atom stereocenters. The Hall–Kier alpha value is -1.26. The lowest BCUT2D eigenvalue weighted by Crippen LogP contribution is -2.25. The molecular formula is C10H12ClNO3. The zero-order chi connectivity index (χ0) is 11.3. The SMILES string of the molecule is COC(CN(Cl)C(=O)O)c1ccccc1. The molecule has 1 rings (SSSR count). The number of amides is 1. The summed E-state index contributed by atoms with van der Waals surface area (Å²) in [7, 11) is 1.52. The fraction of sp³-hybridized carbons (Fsp3) is 0.300. The van der Waals surface area contributed by atoms with Gasteiger partial charge in [-0.1, -0.05) is 30.3 Å². The van der Waals surface area contributed by atoms with Crippen LogP contribution in [0.2, 0.25) is 0 Å². The van der Waals surface area contributed by atoms with E-state index in [-0.39, 0.29) is 12.6 Å². The highest BCUT2D eigenvalue weighted by Crippen LogP contribution is 2.18. The summed E-state index contributed by atoms with van der Waals surface area (Å²) in [5.74, 6) is 0. The number of ether oxygens (including phenoxy) is 1. The van der Waals surface area contributed by atoms with Crippen LogP contribution in [0.4, 0.5) is 4.79 Å². The molecule has 0 aliphatic carbocycles. The quantitative estimate of drug-likeness (QED) is 0.807. The maximum atomic E-state index is 10.5. The predicted molar refractivity (Wildman–Crippen MR) is 56.8 cm³/mol. The summed E-state index contributed by atoms with van der Waals surface area (Å²) in [4.78, 5) is 10.5. The van der Waals surface area contributed by atoms with E-state index >= 15 is 0 Å². The van der Waals surface area contributed by atoms with Crippen LogP contribution in [-0.4, -0.2) is 29.3 Å². The van der Waals surface area contributed by atoms with Crippen LogP contribution in [0.3, 0.4) is 0 Å². The largest absolute Gasteiger partial charge is 0.464 e. The number of benzene rings is 1. The zero-order valence-corrected chi connectivity index (χ0v) is 9.02. The molecule has 15 heavy (non-hydrogen) atoms. The lowest BCUT2D eigenvalue weighted by molar-refractivity contribution is 0.0824. The second-order valence-electron chi connectivity index (χ2n) is 2.96. The van der Waals surface area contributed by atoms with Crippen molar-refractivity contribution in [3.8, 4) is 0 Å². The maximum Gasteiger partial charge on any atom is 0.422 e. The van der Waals surface area contributed by atoms with Crippen molar-refractivity contribution in [1.82, 2.24) is 4.42 Å². The number of carboxylic acid groups (broad SMARTS) is 1. The third-order valence-corrected chi connectivity index (χ3v) is 2.27. The van der Waals surface area contributed by atoms with Crippen LogP contribution < -0.4 is 0 Å². The summed E-state index contributed by atoms with van der Waals surface area (Å²) in [6.45, 7) is 0.0946. The Labute approximate surface area is 93.1 Å². The van der Waals surface area contributed by atoms with E-state index in [2.05, 4.69) is 0 Å². The van der Waals surface area contributed by atoms with Gasteiger partial charge in [0, 0.05) is 18.9 Å². The second kappa shape index (κ2) is 5.58. The minimum atomic E-state index is -1.19. The molecule has 0 heterocycles. The number of methoxy groups -OCH3 is 1. The minimum absolute atomic E-state index is 0.0946. The Kier molecular flexibility index (Phi) is 4.39. The maximum absolute atomic E-state index is 10.5. The Morgan fingerprint density at radius 1 is 1.53 bits per heavy atom. The monoisotopic (exact) mass is 229 g/mol. The van der Waals surface area contributed by atoms with Crippen LogP contribution in [0.15, 0.2) is 30.3 Å². The second-order valence-corrected chi connectivity index (χ2v) is 3.37. The highest BCUT2D eigenvalue weighted by molar-refractivity contribution is 6.19. The van der Waals surface area contributed by atoms with E-state index in [1.165, 1.54) is 7.11 Å². The van der Waals surface area contributed by atoms with E-state index in [1.807, 2.05) is 30.3 Å². The molecule has 1 unspecified atom stereocenters. The van der Waals surface area contributed by atoms with Crippen molar-refractivity contribution < 1.29 is 14.6 Å². The number of hydrogen-bond acceptors (Lipinski definition) is 2. The average molecular weight is 230 g/mol. The first-order valence-corrected chi connectivity index (χ1v) is 4.73. The lowest BCUT2D eigenvalue weighted by atomic mass is 10.1. The molecule has 5 heteroatoms. The highest BCUT2D eigenvalue weighted by Gasteiger charge is 2.17. The molecule has 0 aliphatic rings. The lowest BCUT2D eigenvalue weighted by Gasteiger charge is -2.19. The van der Waals surface area contributed by atoms with Gasteiger partial charge in [0.05, 0.1) is 6.54 Å². The Morgan fingerprint density at radius 2 is 2.13 bits per heavy atom. The number of carbonyl (C=O) groups is 1. The van der Waals surface area contributed by atoms with Crippen molar-refractivity contribution in [2.24, 2.45) is 0 Å². The summed E-state index contributed by atoms with van der Waals surface area (Å²) >= 11 is 5.49. The summed E-state index contributed by atoms with van der Waals surface area (Å²) in [5.41, 5.74) is 0.895. The Balaban J connectivity index is 2.69. The molecule has 0 saturated heterocycles. The molecule has 0 aliphatic heterocycles. The van der Waals surface area contributed by atoms with E-state index in [9.17, 15) is 4.79 Å². The molecule has 0 bridgehead atoms. The fourth-order valence-corrected chi connectivity index (χ4v) is 1.33. The summed E-state index contributed by atoms with van der Waals surface area (Å²) in [6.07, 6.45) is -1.53. The molecule has 1 N–H and O–H groups in total. The highest BCUT2D eigenvalue weighted by atomic mass is 35.5. The van der Waals surface area contributed by atoms with Gasteiger partial charge in [-0.05, 0) is 5.56 Å². The van der Waals surface area contributed by atoms with Gasteiger partial charge >= 0.3 is 6.09 Å². The molecular weight excluding hydrogens is 218 g/mol. The predicted octanol–water partition coefficient (Wildman–Crippen LogP) is 2.51. The molecule has 0 radical (unpaired) electrons. The molecule has 0 spiro atoms. The van der Waals surface area contributed by atoms with Gasteiger partial charge in [-0.25, -0.2) is 9.21 Å². The number of hydrogen-bond donors (Lipinski definition) is 1. The Morgan fingerprint density at radius 3 is 2.60 bits per heavy atom. The van der Waals surface area contributed by atoms with Gasteiger partial charge in [0.1, 0.15) is 6.10 Å². The third-order valence-electron chi connectivity index (χ3n) is 1.99. The number of nitrogens with zero attached hydrogens (tertiary/aromatic N) is 1. The van der Waals surface area contributed by atoms with E-state index in [4.69, 9.17) is 21.6 Å². The normalized spacial score (nSPS) is 12.1. The first kappa shape index (κ1) is 11.8. The minimum Gasteiger partial charge on any atom is -0.464 e. The van der Waals surface area contributed by atoms with Gasteiger partial charge in [0.2, 0.25) is 0 Å². The standard InChI is InChI=1S/C10H12ClNO3/c1-15-9(7-12(11)10(13)14)8-5-3-2-4-6-8/h2-6,9H,7H2,1H3,(H,13,14). The van der Waals surface area contributed by atoms with Crippen LogP contribution >= 0.6 is 11.8 Å². The van der Waals surface area contributed by atoms with Crippen LogP contribution in [0.1, 0.15) is 11.7 Å². The number of rotatable bonds is 4. The van der Waals surface area contributed by atoms with Crippen molar-refractivity contribution in [1.29, 1.82) is 0 Å². The van der Waals surface area contributed by atoms with E-state index in [0.717, 1.165) is 5.56 Å². The van der Waals surface area contributed by atoms with Gasteiger partial charge in [0.15, 0.2) is 0 Å². The topological polar surface area (TPSA) is 49.8 Å². The number of halogens is 1. The van der Waals surface area contributed by atoms with Gasteiger partial charge < -0.3 is 9.84 Å². The van der Waals surface area contributed by atoms with Crippen molar-refractivity contribution in [2.75, 3.05) is 13.7 Å². The summed E-state index contributed by atoms with van der Waals surface area (Å²) in [6, 6.07) is 9.33. The van der Waals surface area contributed by atoms with E-state index in [1.54, 1.807) is 0 Å². The molecule has 1 aromatic carbocycles. The first-order chi connectivity index (χ1) is 7.15. The van der Waals surface area contributed by atoms with Crippen molar-refractivity contribution in [2.45, 2.75) is 6.10 Å². The van der Waals surface area contributed by atoms with Gasteiger partial charge in [-0.2, -0.15) is 0 Å². The van der Waals surface area contributed by atoms with Gasteiger partial charge in [-0.3, -0.25) is 0 Å². The van der Waals surface area contributed by atoms with Crippen molar-refractivity contribution in [3.63, 3.8) is 0 Å². The molecule has 82 valence electrons. The smallest absolute Gasteiger partial charge is 0.422 e.